The summed E-state index contributed by atoms with van der Waals surface area (Å²) in [6.07, 6.45) is 3.15. The third-order valence-corrected chi connectivity index (χ3v) is 2.87. The lowest BCUT2D eigenvalue weighted by Crippen LogP contribution is -1.91. The number of hydrogen-bond donors (Lipinski definition) is 1. The van der Waals surface area contributed by atoms with Gasteiger partial charge in [0.15, 0.2) is 0 Å². The first-order valence-corrected chi connectivity index (χ1v) is 5.78. The minimum Gasteiger partial charge on any atom is -0.367 e. The van der Waals surface area contributed by atoms with E-state index in [-0.39, 0.29) is 17.1 Å². The van der Waals surface area contributed by atoms with Crippen LogP contribution >= 0.6 is 0 Å². The first kappa shape index (κ1) is 12.3. The highest BCUT2D eigenvalue weighted by Crippen LogP contribution is 2.36. The van der Waals surface area contributed by atoms with Gasteiger partial charge in [0.2, 0.25) is 5.88 Å². The Bertz CT molecular complexity index is 756. The molecule has 100 valence electrons. The minimum absolute atomic E-state index is 0.0647. The molecule has 0 saturated heterocycles. The van der Waals surface area contributed by atoms with Gasteiger partial charge in [0, 0.05) is 24.0 Å². The zero-order chi connectivity index (χ0) is 14.1. The lowest BCUT2D eigenvalue weighted by Gasteiger charge is -2.03. The first-order valence-electron chi connectivity index (χ1n) is 5.78. The van der Waals surface area contributed by atoms with Gasteiger partial charge in [-0.2, -0.15) is 0 Å². The molecule has 3 rings (SSSR count). The summed E-state index contributed by atoms with van der Waals surface area (Å²) in [6.45, 7) is 0. The highest BCUT2D eigenvalue weighted by molar-refractivity contribution is 5.86. The number of pyridine rings is 1. The Labute approximate surface area is 112 Å². The van der Waals surface area contributed by atoms with E-state index in [0.717, 1.165) is 12.1 Å². The molecule has 0 aliphatic carbocycles. The van der Waals surface area contributed by atoms with Crippen molar-refractivity contribution in [3.63, 3.8) is 0 Å². The van der Waals surface area contributed by atoms with E-state index in [1.807, 2.05) is 0 Å². The number of hydrogen-bond acceptors (Lipinski definition) is 4. The summed E-state index contributed by atoms with van der Waals surface area (Å²) in [5.41, 5.74) is 7.24. The van der Waals surface area contributed by atoms with Gasteiger partial charge < -0.3 is 10.3 Å². The van der Waals surface area contributed by atoms with E-state index in [4.69, 9.17) is 10.3 Å². The van der Waals surface area contributed by atoms with Crippen LogP contribution in [0, 0.1) is 11.6 Å². The van der Waals surface area contributed by atoms with E-state index >= 15 is 0 Å². The number of rotatable bonds is 2. The number of nitrogen functional groups attached to an aromatic ring is 1. The zero-order valence-corrected chi connectivity index (χ0v) is 10.2. The van der Waals surface area contributed by atoms with Gasteiger partial charge >= 0.3 is 0 Å². The quantitative estimate of drug-likeness (QED) is 0.778. The molecule has 0 unspecified atom stereocenters. The summed E-state index contributed by atoms with van der Waals surface area (Å²) < 4.78 is 31.8. The average Bonchev–Trinajstić information content (AvgIpc) is 2.81. The van der Waals surface area contributed by atoms with Gasteiger partial charge in [-0.15, -0.1) is 0 Å². The van der Waals surface area contributed by atoms with Crippen molar-refractivity contribution in [2.75, 3.05) is 5.73 Å². The molecule has 0 radical (unpaired) electrons. The Morgan fingerprint density at radius 2 is 1.80 bits per heavy atom. The van der Waals surface area contributed by atoms with Crippen LogP contribution in [-0.4, -0.2) is 10.1 Å². The summed E-state index contributed by atoms with van der Waals surface area (Å²) in [5.74, 6) is -1.32. The van der Waals surface area contributed by atoms with Gasteiger partial charge in [-0.05, 0) is 29.8 Å². The van der Waals surface area contributed by atoms with Crippen LogP contribution in [0.5, 0.6) is 0 Å². The number of benzene rings is 1. The minimum atomic E-state index is -0.728. The number of aromatic nitrogens is 2. The molecule has 0 saturated carbocycles. The molecule has 0 bridgehead atoms. The first-order chi connectivity index (χ1) is 9.66. The second-order valence-corrected chi connectivity index (χ2v) is 4.13. The standard InChI is InChI=1S/C14H9F2N3O/c15-9-1-2-10(11(16)7-9)13-12(14(17)20-19-13)8-3-5-18-6-4-8/h1-7H,17H2. The lowest BCUT2D eigenvalue weighted by atomic mass is 10.0. The van der Waals surface area contributed by atoms with Gasteiger partial charge in [-0.25, -0.2) is 8.78 Å². The van der Waals surface area contributed by atoms with Gasteiger partial charge in [0.1, 0.15) is 17.3 Å². The smallest absolute Gasteiger partial charge is 0.230 e. The monoisotopic (exact) mass is 273 g/mol. The maximum Gasteiger partial charge on any atom is 0.230 e. The normalized spacial score (nSPS) is 10.7. The predicted octanol–water partition coefficient (Wildman–Crippen LogP) is 3.26. The fourth-order valence-corrected chi connectivity index (χ4v) is 1.97. The Kier molecular flexibility index (Phi) is 2.90. The van der Waals surface area contributed by atoms with Crippen molar-refractivity contribution in [1.29, 1.82) is 0 Å². The van der Waals surface area contributed by atoms with Crippen molar-refractivity contribution >= 4 is 5.88 Å². The molecule has 0 aliphatic heterocycles. The molecule has 20 heavy (non-hydrogen) atoms. The largest absolute Gasteiger partial charge is 0.367 e. The third kappa shape index (κ3) is 2.01. The molecule has 2 aromatic heterocycles. The molecule has 1 aromatic carbocycles. The van der Waals surface area contributed by atoms with E-state index < -0.39 is 11.6 Å². The highest BCUT2D eigenvalue weighted by atomic mass is 19.1. The van der Waals surface area contributed by atoms with Gasteiger partial charge in [-0.1, -0.05) is 5.16 Å². The van der Waals surface area contributed by atoms with E-state index in [2.05, 4.69) is 10.1 Å². The topological polar surface area (TPSA) is 64.9 Å². The van der Waals surface area contributed by atoms with Crippen molar-refractivity contribution in [3.05, 3.63) is 54.4 Å². The Morgan fingerprint density at radius 1 is 1.05 bits per heavy atom. The van der Waals surface area contributed by atoms with Crippen molar-refractivity contribution in [3.8, 4) is 22.4 Å². The molecule has 0 amide bonds. The second-order valence-electron chi connectivity index (χ2n) is 4.13. The van der Waals surface area contributed by atoms with Crippen LogP contribution in [-0.2, 0) is 0 Å². The maximum absolute atomic E-state index is 13.9. The predicted molar refractivity (Wildman–Crippen MR) is 69.5 cm³/mol. The summed E-state index contributed by atoms with van der Waals surface area (Å²) in [6, 6.07) is 6.64. The summed E-state index contributed by atoms with van der Waals surface area (Å²) in [7, 11) is 0. The van der Waals surface area contributed by atoms with Crippen LogP contribution in [0.25, 0.3) is 22.4 Å². The maximum atomic E-state index is 13.9. The summed E-state index contributed by atoms with van der Waals surface area (Å²) in [4.78, 5) is 3.90. The average molecular weight is 273 g/mol. The summed E-state index contributed by atoms with van der Waals surface area (Å²) >= 11 is 0. The zero-order valence-electron chi connectivity index (χ0n) is 10.2. The molecule has 0 aliphatic rings. The number of nitrogens with two attached hydrogens (primary N) is 1. The van der Waals surface area contributed by atoms with Crippen LogP contribution in [0.2, 0.25) is 0 Å². The van der Waals surface area contributed by atoms with E-state index in [0.29, 0.717) is 11.1 Å². The lowest BCUT2D eigenvalue weighted by molar-refractivity contribution is 0.439. The van der Waals surface area contributed by atoms with Gasteiger partial charge in [0.05, 0.1) is 5.56 Å². The third-order valence-electron chi connectivity index (χ3n) is 2.87. The van der Waals surface area contributed by atoms with Crippen LogP contribution in [0.1, 0.15) is 0 Å². The fraction of sp³-hybridized carbons (Fsp3) is 0. The van der Waals surface area contributed by atoms with E-state index in [1.165, 1.54) is 6.07 Å². The number of anilines is 1. The summed E-state index contributed by atoms with van der Waals surface area (Å²) in [5, 5.41) is 3.77. The van der Waals surface area contributed by atoms with Gasteiger partial charge in [0.25, 0.3) is 0 Å². The second kappa shape index (κ2) is 4.73. The molecule has 6 heteroatoms. The number of nitrogens with zero attached hydrogens (tertiary/aromatic N) is 2. The van der Waals surface area contributed by atoms with Crippen LogP contribution in [0.4, 0.5) is 14.7 Å². The van der Waals surface area contributed by atoms with Crippen LogP contribution in [0.3, 0.4) is 0 Å². The van der Waals surface area contributed by atoms with Crippen LogP contribution < -0.4 is 5.73 Å². The molecule has 2 heterocycles. The van der Waals surface area contributed by atoms with E-state index in [9.17, 15) is 8.78 Å². The molecule has 4 nitrogen and oxygen atoms in total. The molecule has 0 spiro atoms. The van der Waals surface area contributed by atoms with E-state index in [1.54, 1.807) is 24.5 Å². The Hall–Kier alpha value is -2.76. The van der Waals surface area contributed by atoms with Crippen molar-refractivity contribution in [2.24, 2.45) is 0 Å². The molecule has 0 fully saturated rings. The van der Waals surface area contributed by atoms with Crippen LogP contribution in [0.15, 0.2) is 47.2 Å². The van der Waals surface area contributed by atoms with Gasteiger partial charge in [-0.3, -0.25) is 4.98 Å². The van der Waals surface area contributed by atoms with Crippen molar-refractivity contribution < 1.29 is 13.3 Å². The fourth-order valence-electron chi connectivity index (χ4n) is 1.97. The molecule has 0 atom stereocenters. The van der Waals surface area contributed by atoms with Crippen molar-refractivity contribution in [1.82, 2.24) is 10.1 Å². The molecular formula is C14H9F2N3O. The number of halogens is 2. The Balaban J connectivity index is 2.21. The molecule has 2 N–H and O–H groups in total. The molecule has 3 aromatic rings. The van der Waals surface area contributed by atoms with Crippen molar-refractivity contribution in [2.45, 2.75) is 0 Å². The Morgan fingerprint density at radius 3 is 2.50 bits per heavy atom. The highest BCUT2D eigenvalue weighted by Gasteiger charge is 2.20. The SMILES string of the molecule is Nc1onc(-c2ccc(F)cc2F)c1-c1ccncc1. The molecular weight excluding hydrogens is 264 g/mol.